The smallest absolute Gasteiger partial charge is 0.0620 e. The molecule has 2 aliphatic rings. The lowest BCUT2D eigenvalue weighted by atomic mass is 10.1. The van der Waals surface area contributed by atoms with Gasteiger partial charge in [-0.3, -0.25) is 0 Å². The normalized spacial score (nSPS) is 24.1. The van der Waals surface area contributed by atoms with Gasteiger partial charge in [0.2, 0.25) is 0 Å². The maximum absolute atomic E-state index is 6.09. The molecular formula is C13H17ClN2. The van der Waals surface area contributed by atoms with Crippen LogP contribution in [-0.2, 0) is 0 Å². The van der Waals surface area contributed by atoms with Crippen molar-refractivity contribution in [1.29, 1.82) is 0 Å². The molecule has 3 heteroatoms. The van der Waals surface area contributed by atoms with Gasteiger partial charge in [0.15, 0.2) is 0 Å². The molecule has 1 N–H and O–H groups in total. The molecule has 0 aliphatic carbocycles. The molecule has 1 aromatic rings. The molecule has 0 aromatic heterocycles. The van der Waals surface area contributed by atoms with Gasteiger partial charge in [0.05, 0.1) is 11.4 Å². The van der Waals surface area contributed by atoms with Gasteiger partial charge in [0.25, 0.3) is 0 Å². The summed E-state index contributed by atoms with van der Waals surface area (Å²) in [6, 6.07) is 6.82. The average Bonchev–Trinajstić information content (AvgIpc) is 2.54. The van der Waals surface area contributed by atoms with E-state index in [0.29, 0.717) is 6.04 Å². The Labute approximate surface area is 102 Å². The van der Waals surface area contributed by atoms with Gasteiger partial charge in [0, 0.05) is 24.2 Å². The van der Waals surface area contributed by atoms with Crippen LogP contribution in [0.3, 0.4) is 0 Å². The molecule has 1 aromatic carbocycles. The Bertz CT molecular complexity index is 392. The molecule has 1 unspecified atom stereocenters. The number of rotatable bonds is 0. The Balaban J connectivity index is 1.98. The third-order valence-corrected chi connectivity index (χ3v) is 3.91. The first-order valence-corrected chi connectivity index (χ1v) is 6.52. The van der Waals surface area contributed by atoms with E-state index in [1.54, 1.807) is 0 Å². The summed E-state index contributed by atoms with van der Waals surface area (Å²) >= 11 is 6.09. The molecule has 1 atom stereocenters. The minimum absolute atomic E-state index is 0.661. The molecule has 3 rings (SSSR count). The van der Waals surface area contributed by atoms with Crippen molar-refractivity contribution in [2.24, 2.45) is 0 Å². The summed E-state index contributed by atoms with van der Waals surface area (Å²) in [5, 5.41) is 4.35. The summed E-state index contributed by atoms with van der Waals surface area (Å²) in [6.45, 7) is 2.26. The summed E-state index contributed by atoms with van der Waals surface area (Å²) in [5.74, 6) is 0. The van der Waals surface area contributed by atoms with Crippen molar-refractivity contribution in [2.75, 3.05) is 23.3 Å². The highest BCUT2D eigenvalue weighted by atomic mass is 35.5. The molecular weight excluding hydrogens is 220 g/mol. The van der Waals surface area contributed by atoms with Crippen LogP contribution in [0, 0.1) is 0 Å². The zero-order valence-corrected chi connectivity index (χ0v) is 10.1. The van der Waals surface area contributed by atoms with E-state index < -0.39 is 0 Å². The molecule has 2 heterocycles. The first-order chi connectivity index (χ1) is 7.84. The molecule has 2 aliphatic heterocycles. The van der Waals surface area contributed by atoms with Crippen LogP contribution >= 0.6 is 11.6 Å². The Morgan fingerprint density at radius 1 is 1.25 bits per heavy atom. The molecule has 0 radical (unpaired) electrons. The fourth-order valence-electron chi connectivity index (χ4n) is 2.83. The van der Waals surface area contributed by atoms with E-state index in [4.69, 9.17) is 11.6 Å². The average molecular weight is 237 g/mol. The largest absolute Gasteiger partial charge is 0.381 e. The highest BCUT2D eigenvalue weighted by Gasteiger charge is 2.26. The number of halogens is 1. The lowest BCUT2D eigenvalue weighted by Crippen LogP contribution is -2.43. The highest BCUT2D eigenvalue weighted by Crippen LogP contribution is 2.36. The minimum Gasteiger partial charge on any atom is -0.381 e. The maximum Gasteiger partial charge on any atom is 0.0620 e. The van der Waals surface area contributed by atoms with Crippen molar-refractivity contribution in [1.82, 2.24) is 0 Å². The second kappa shape index (κ2) is 4.17. The second-order valence-electron chi connectivity index (χ2n) is 4.74. The van der Waals surface area contributed by atoms with Gasteiger partial charge in [0.1, 0.15) is 0 Å². The number of nitrogens with zero attached hydrogens (tertiary/aromatic N) is 1. The molecule has 2 nitrogen and oxygen atoms in total. The number of hydrogen-bond donors (Lipinski definition) is 1. The number of nitrogens with one attached hydrogen (secondary N) is 1. The van der Waals surface area contributed by atoms with Crippen molar-refractivity contribution in [3.63, 3.8) is 0 Å². The Kier molecular flexibility index (Phi) is 2.68. The van der Waals surface area contributed by atoms with Gasteiger partial charge in [-0.1, -0.05) is 24.4 Å². The minimum atomic E-state index is 0.661. The summed E-state index contributed by atoms with van der Waals surface area (Å²) in [7, 11) is 0. The molecule has 0 amide bonds. The molecule has 0 bridgehead atoms. The standard InChI is InChI=1S/C13H17ClN2/c14-10-5-6-12-13(8-10)16-7-3-1-2-4-11(16)9-15-12/h5-6,8,11,15H,1-4,7,9H2. The lowest BCUT2D eigenvalue weighted by Gasteiger charge is -2.38. The summed E-state index contributed by atoms with van der Waals surface area (Å²) in [6.07, 6.45) is 5.34. The van der Waals surface area contributed by atoms with Gasteiger partial charge in [-0.05, 0) is 31.0 Å². The second-order valence-corrected chi connectivity index (χ2v) is 5.18. The summed E-state index contributed by atoms with van der Waals surface area (Å²) in [5.41, 5.74) is 2.54. The zero-order chi connectivity index (χ0) is 11.0. The van der Waals surface area contributed by atoms with E-state index in [0.717, 1.165) is 11.6 Å². The van der Waals surface area contributed by atoms with Crippen LogP contribution in [0.2, 0.25) is 5.02 Å². The van der Waals surface area contributed by atoms with Gasteiger partial charge in [-0.15, -0.1) is 0 Å². The molecule has 86 valence electrons. The first-order valence-electron chi connectivity index (χ1n) is 6.15. The van der Waals surface area contributed by atoms with E-state index in [1.165, 1.54) is 43.6 Å². The Morgan fingerprint density at radius 3 is 3.12 bits per heavy atom. The summed E-state index contributed by atoms with van der Waals surface area (Å²) in [4.78, 5) is 2.55. The summed E-state index contributed by atoms with van der Waals surface area (Å²) < 4.78 is 0. The Morgan fingerprint density at radius 2 is 2.19 bits per heavy atom. The van der Waals surface area contributed by atoms with Crippen molar-refractivity contribution in [3.05, 3.63) is 23.2 Å². The number of anilines is 2. The van der Waals surface area contributed by atoms with E-state index in [-0.39, 0.29) is 0 Å². The van der Waals surface area contributed by atoms with Gasteiger partial charge in [-0.25, -0.2) is 0 Å². The zero-order valence-electron chi connectivity index (χ0n) is 9.38. The molecule has 0 saturated carbocycles. The third-order valence-electron chi connectivity index (χ3n) is 3.67. The maximum atomic E-state index is 6.09. The first kappa shape index (κ1) is 10.3. The number of benzene rings is 1. The van der Waals surface area contributed by atoms with Crippen molar-refractivity contribution in [3.8, 4) is 0 Å². The fourth-order valence-corrected chi connectivity index (χ4v) is 2.99. The van der Waals surface area contributed by atoms with Crippen LogP contribution in [0.4, 0.5) is 11.4 Å². The van der Waals surface area contributed by atoms with E-state index >= 15 is 0 Å². The molecule has 0 spiro atoms. The van der Waals surface area contributed by atoms with Crippen molar-refractivity contribution >= 4 is 23.0 Å². The van der Waals surface area contributed by atoms with Crippen LogP contribution in [-0.4, -0.2) is 19.1 Å². The third kappa shape index (κ3) is 1.75. The van der Waals surface area contributed by atoms with E-state index in [1.807, 2.05) is 6.07 Å². The van der Waals surface area contributed by atoms with Crippen LogP contribution in [0.1, 0.15) is 25.7 Å². The monoisotopic (exact) mass is 236 g/mol. The quantitative estimate of drug-likeness (QED) is 0.742. The molecule has 16 heavy (non-hydrogen) atoms. The van der Waals surface area contributed by atoms with Gasteiger partial charge in [-0.2, -0.15) is 0 Å². The van der Waals surface area contributed by atoms with Crippen LogP contribution in [0.5, 0.6) is 0 Å². The van der Waals surface area contributed by atoms with Crippen LogP contribution in [0.15, 0.2) is 18.2 Å². The van der Waals surface area contributed by atoms with Crippen LogP contribution < -0.4 is 10.2 Å². The van der Waals surface area contributed by atoms with Crippen LogP contribution in [0.25, 0.3) is 0 Å². The predicted molar refractivity (Wildman–Crippen MR) is 69.5 cm³/mol. The highest BCUT2D eigenvalue weighted by molar-refractivity contribution is 6.31. The van der Waals surface area contributed by atoms with Gasteiger partial charge >= 0.3 is 0 Å². The molecule has 1 fully saturated rings. The fraction of sp³-hybridized carbons (Fsp3) is 0.538. The van der Waals surface area contributed by atoms with Crippen molar-refractivity contribution in [2.45, 2.75) is 31.7 Å². The Hall–Kier alpha value is -0.890. The number of fused-ring (bicyclic) bond motifs is 3. The topological polar surface area (TPSA) is 15.3 Å². The number of hydrogen-bond acceptors (Lipinski definition) is 2. The SMILES string of the molecule is Clc1ccc2c(c1)N1CCCCCC1CN2. The van der Waals surface area contributed by atoms with Gasteiger partial charge < -0.3 is 10.2 Å². The lowest BCUT2D eigenvalue weighted by molar-refractivity contribution is 0.583. The van der Waals surface area contributed by atoms with E-state index in [9.17, 15) is 0 Å². The van der Waals surface area contributed by atoms with E-state index in [2.05, 4.69) is 22.3 Å². The van der Waals surface area contributed by atoms with Crippen molar-refractivity contribution < 1.29 is 0 Å². The molecule has 1 saturated heterocycles. The predicted octanol–water partition coefficient (Wildman–Crippen LogP) is 3.51.